The number of carbonyl (C=O) groups excluding carboxylic acids is 1. The molecule has 1 amide bonds. The standard InChI is InChI=1S/C23H23N3O3/c1-17-21(20(15-24)23(29-17)26-11-5-6-12-26)22(27)25-13-9-18(10-14-25)16-28-19-7-3-2-4-8-19/h2-8,11-12,18H,9-10,13-14,16H2,1H3. The minimum atomic E-state index is -0.136. The highest BCUT2D eigenvalue weighted by Gasteiger charge is 2.30. The molecule has 0 N–H and O–H groups in total. The van der Waals surface area contributed by atoms with Crippen LogP contribution in [0.2, 0.25) is 0 Å². The molecular formula is C23H23N3O3. The number of para-hydroxylation sites is 1. The molecule has 1 aromatic carbocycles. The van der Waals surface area contributed by atoms with Crippen molar-refractivity contribution in [1.29, 1.82) is 5.26 Å². The molecule has 1 aliphatic heterocycles. The van der Waals surface area contributed by atoms with E-state index < -0.39 is 0 Å². The number of carbonyl (C=O) groups is 1. The van der Waals surface area contributed by atoms with E-state index in [0.717, 1.165) is 18.6 Å². The van der Waals surface area contributed by atoms with E-state index in [-0.39, 0.29) is 5.91 Å². The van der Waals surface area contributed by atoms with Crippen LogP contribution in [0.5, 0.6) is 5.75 Å². The zero-order valence-electron chi connectivity index (χ0n) is 16.4. The second-order valence-electron chi connectivity index (χ2n) is 7.28. The molecule has 0 atom stereocenters. The molecule has 148 valence electrons. The van der Waals surface area contributed by atoms with Crippen LogP contribution in [-0.2, 0) is 0 Å². The highest BCUT2D eigenvalue weighted by atomic mass is 16.5. The zero-order valence-corrected chi connectivity index (χ0v) is 16.4. The van der Waals surface area contributed by atoms with Gasteiger partial charge in [0.25, 0.3) is 5.91 Å². The number of aryl methyl sites for hydroxylation is 1. The first-order chi connectivity index (χ1) is 14.2. The van der Waals surface area contributed by atoms with Crippen LogP contribution in [0.15, 0.2) is 59.3 Å². The van der Waals surface area contributed by atoms with Gasteiger partial charge in [-0.1, -0.05) is 18.2 Å². The molecule has 0 bridgehead atoms. The fourth-order valence-electron chi connectivity index (χ4n) is 3.73. The van der Waals surface area contributed by atoms with Gasteiger partial charge in [-0.05, 0) is 49.9 Å². The van der Waals surface area contributed by atoms with Crippen LogP contribution in [0.1, 0.15) is 34.5 Å². The predicted octanol–water partition coefficient (Wildman–Crippen LogP) is 4.18. The van der Waals surface area contributed by atoms with Gasteiger partial charge >= 0.3 is 0 Å². The summed E-state index contributed by atoms with van der Waals surface area (Å²) in [6, 6.07) is 15.6. The van der Waals surface area contributed by atoms with Crippen molar-refractivity contribution in [3.8, 4) is 17.7 Å². The van der Waals surface area contributed by atoms with Gasteiger partial charge in [-0.25, -0.2) is 0 Å². The van der Waals surface area contributed by atoms with Crippen molar-refractivity contribution >= 4 is 5.91 Å². The number of rotatable bonds is 5. The summed E-state index contributed by atoms with van der Waals surface area (Å²) in [5.74, 6) is 2.02. The van der Waals surface area contributed by atoms with Gasteiger partial charge in [0, 0.05) is 25.5 Å². The predicted molar refractivity (Wildman–Crippen MR) is 108 cm³/mol. The van der Waals surface area contributed by atoms with Crippen LogP contribution in [0.4, 0.5) is 0 Å². The van der Waals surface area contributed by atoms with Crippen molar-refractivity contribution in [3.63, 3.8) is 0 Å². The number of hydrogen-bond donors (Lipinski definition) is 0. The lowest BCUT2D eigenvalue weighted by atomic mass is 9.97. The lowest BCUT2D eigenvalue weighted by Gasteiger charge is -2.31. The maximum absolute atomic E-state index is 13.1. The minimum absolute atomic E-state index is 0.136. The number of amides is 1. The Bertz CT molecular complexity index is 1010. The topological polar surface area (TPSA) is 71.4 Å². The second-order valence-corrected chi connectivity index (χ2v) is 7.28. The van der Waals surface area contributed by atoms with Crippen LogP contribution < -0.4 is 4.74 Å². The summed E-state index contributed by atoms with van der Waals surface area (Å²) in [6.07, 6.45) is 5.35. The SMILES string of the molecule is Cc1oc(-n2cccc2)c(C#N)c1C(=O)N1CCC(COc2ccccc2)CC1. The molecule has 1 fully saturated rings. The van der Waals surface area contributed by atoms with Crippen molar-refractivity contribution in [1.82, 2.24) is 9.47 Å². The Labute approximate surface area is 169 Å². The first-order valence-electron chi connectivity index (χ1n) is 9.81. The molecular weight excluding hydrogens is 366 g/mol. The molecule has 0 spiro atoms. The fraction of sp³-hybridized carbons (Fsp3) is 0.304. The van der Waals surface area contributed by atoms with E-state index in [2.05, 4.69) is 6.07 Å². The first-order valence-corrected chi connectivity index (χ1v) is 9.81. The number of ether oxygens (including phenoxy) is 1. The molecule has 2 aromatic heterocycles. The molecule has 0 aliphatic carbocycles. The first kappa shape index (κ1) is 18.9. The molecule has 0 radical (unpaired) electrons. The summed E-state index contributed by atoms with van der Waals surface area (Å²) in [4.78, 5) is 15.0. The third-order valence-electron chi connectivity index (χ3n) is 5.36. The fourth-order valence-corrected chi connectivity index (χ4v) is 3.73. The maximum atomic E-state index is 13.1. The number of nitrogens with zero attached hydrogens (tertiary/aromatic N) is 3. The van der Waals surface area contributed by atoms with E-state index in [0.29, 0.717) is 48.4 Å². The van der Waals surface area contributed by atoms with Gasteiger partial charge in [0.15, 0.2) is 0 Å². The van der Waals surface area contributed by atoms with E-state index in [1.54, 1.807) is 23.9 Å². The largest absolute Gasteiger partial charge is 0.493 e. The van der Waals surface area contributed by atoms with Crippen LogP contribution in [0.3, 0.4) is 0 Å². The number of benzene rings is 1. The van der Waals surface area contributed by atoms with Gasteiger partial charge in [0.05, 0.1) is 6.61 Å². The Morgan fingerprint density at radius 2 is 1.86 bits per heavy atom. The number of likely N-dealkylation sites (tertiary alicyclic amines) is 1. The molecule has 3 aromatic rings. The van der Waals surface area contributed by atoms with Gasteiger partial charge in [-0.3, -0.25) is 9.36 Å². The van der Waals surface area contributed by atoms with Crippen molar-refractivity contribution in [3.05, 3.63) is 71.7 Å². The number of hydrogen-bond acceptors (Lipinski definition) is 4. The smallest absolute Gasteiger partial charge is 0.258 e. The summed E-state index contributed by atoms with van der Waals surface area (Å²) in [6.45, 7) is 3.69. The Balaban J connectivity index is 1.42. The quantitative estimate of drug-likeness (QED) is 0.656. The van der Waals surface area contributed by atoms with Crippen molar-refractivity contribution in [2.24, 2.45) is 5.92 Å². The van der Waals surface area contributed by atoms with Crippen molar-refractivity contribution in [2.75, 3.05) is 19.7 Å². The number of nitriles is 1. The van der Waals surface area contributed by atoms with Gasteiger partial charge < -0.3 is 14.1 Å². The second kappa shape index (κ2) is 8.27. The molecule has 29 heavy (non-hydrogen) atoms. The summed E-state index contributed by atoms with van der Waals surface area (Å²) in [5, 5.41) is 9.67. The van der Waals surface area contributed by atoms with Crippen LogP contribution in [0.25, 0.3) is 5.88 Å². The third kappa shape index (κ3) is 3.90. The van der Waals surface area contributed by atoms with E-state index >= 15 is 0 Å². The average Bonchev–Trinajstić information content (AvgIpc) is 3.40. The van der Waals surface area contributed by atoms with E-state index in [1.807, 2.05) is 47.4 Å². The summed E-state index contributed by atoms with van der Waals surface area (Å²) in [7, 11) is 0. The van der Waals surface area contributed by atoms with Crippen LogP contribution in [-0.4, -0.2) is 35.1 Å². The Morgan fingerprint density at radius 1 is 1.17 bits per heavy atom. The maximum Gasteiger partial charge on any atom is 0.258 e. The number of furan rings is 1. The van der Waals surface area contributed by atoms with Gasteiger partial charge in [0.2, 0.25) is 5.88 Å². The molecule has 0 unspecified atom stereocenters. The summed E-state index contributed by atoms with van der Waals surface area (Å²) < 4.78 is 13.4. The molecule has 1 saturated heterocycles. The third-order valence-corrected chi connectivity index (χ3v) is 5.36. The van der Waals surface area contributed by atoms with Gasteiger partial charge in [-0.15, -0.1) is 0 Å². The Morgan fingerprint density at radius 3 is 2.52 bits per heavy atom. The molecule has 3 heterocycles. The lowest BCUT2D eigenvalue weighted by Crippen LogP contribution is -2.40. The molecule has 4 rings (SSSR count). The Kier molecular flexibility index (Phi) is 5.39. The monoisotopic (exact) mass is 389 g/mol. The van der Waals surface area contributed by atoms with Crippen LogP contribution in [0, 0.1) is 24.2 Å². The summed E-state index contributed by atoms with van der Waals surface area (Å²) in [5.41, 5.74) is 0.661. The summed E-state index contributed by atoms with van der Waals surface area (Å²) >= 11 is 0. The molecule has 1 aliphatic rings. The van der Waals surface area contributed by atoms with E-state index in [9.17, 15) is 10.1 Å². The van der Waals surface area contributed by atoms with Crippen molar-refractivity contribution < 1.29 is 13.9 Å². The van der Waals surface area contributed by atoms with Gasteiger partial charge in [0.1, 0.15) is 28.7 Å². The highest BCUT2D eigenvalue weighted by molar-refractivity contribution is 5.98. The van der Waals surface area contributed by atoms with Gasteiger partial charge in [-0.2, -0.15) is 5.26 Å². The zero-order chi connectivity index (χ0) is 20.2. The van der Waals surface area contributed by atoms with E-state index in [4.69, 9.17) is 9.15 Å². The Hall–Kier alpha value is -3.46. The normalized spacial score (nSPS) is 14.6. The lowest BCUT2D eigenvalue weighted by molar-refractivity contribution is 0.0659. The van der Waals surface area contributed by atoms with E-state index in [1.165, 1.54) is 0 Å². The van der Waals surface area contributed by atoms with Crippen molar-refractivity contribution in [2.45, 2.75) is 19.8 Å². The van der Waals surface area contributed by atoms with Crippen LogP contribution >= 0.6 is 0 Å². The molecule has 0 saturated carbocycles. The minimum Gasteiger partial charge on any atom is -0.493 e. The molecule has 6 heteroatoms. The number of aromatic nitrogens is 1. The average molecular weight is 389 g/mol. The number of piperidine rings is 1. The highest BCUT2D eigenvalue weighted by Crippen LogP contribution is 2.28. The molecule has 6 nitrogen and oxygen atoms in total.